The number of rotatable bonds is 6. The Morgan fingerprint density at radius 2 is 1.62 bits per heavy atom. The van der Waals surface area contributed by atoms with Gasteiger partial charge in [-0.1, -0.05) is 35.9 Å². The molecule has 7 heteroatoms. The quantitative estimate of drug-likeness (QED) is 0.585. The third kappa shape index (κ3) is 4.21. The maximum absolute atomic E-state index is 13.6. The first kappa shape index (κ1) is 23.0. The molecule has 6 nitrogen and oxygen atoms in total. The van der Waals surface area contributed by atoms with E-state index in [1.165, 1.54) is 5.06 Å². The summed E-state index contributed by atoms with van der Waals surface area (Å²) in [6.45, 7) is 5.56. The number of nitrogens with zero attached hydrogens (tertiary/aromatic N) is 2. The largest absolute Gasteiger partial charge is 0.356 e. The highest BCUT2D eigenvalue weighted by molar-refractivity contribution is 6.30. The average molecular weight is 457 g/mol. The van der Waals surface area contributed by atoms with Gasteiger partial charge in [-0.2, -0.15) is 5.06 Å². The summed E-state index contributed by atoms with van der Waals surface area (Å²) in [6.07, 6.45) is 3.54. The summed E-state index contributed by atoms with van der Waals surface area (Å²) in [5.74, 6) is -0.127. The van der Waals surface area contributed by atoms with Gasteiger partial charge in [0, 0.05) is 30.8 Å². The number of hydrogen-bond donors (Lipinski definition) is 0. The minimum atomic E-state index is -0.506. The lowest BCUT2D eigenvalue weighted by Crippen LogP contribution is -2.53. The number of hydrogen-bond acceptors (Lipinski definition) is 5. The molecule has 0 radical (unpaired) electrons. The van der Waals surface area contributed by atoms with Gasteiger partial charge in [0.05, 0.1) is 12.6 Å². The Morgan fingerprint density at radius 3 is 2.19 bits per heavy atom. The van der Waals surface area contributed by atoms with Crippen molar-refractivity contribution in [2.24, 2.45) is 0 Å². The van der Waals surface area contributed by atoms with Crippen molar-refractivity contribution in [3.05, 3.63) is 64.2 Å². The van der Waals surface area contributed by atoms with Crippen LogP contribution in [0.3, 0.4) is 0 Å². The zero-order chi connectivity index (χ0) is 22.9. The smallest absolute Gasteiger partial charge is 0.278 e. The molecule has 170 valence electrons. The van der Waals surface area contributed by atoms with Crippen molar-refractivity contribution in [1.82, 2.24) is 10.1 Å². The zero-order valence-electron chi connectivity index (χ0n) is 19.0. The van der Waals surface area contributed by atoms with E-state index in [1.807, 2.05) is 29.3 Å². The van der Waals surface area contributed by atoms with Crippen LogP contribution in [0, 0.1) is 13.8 Å². The van der Waals surface area contributed by atoms with E-state index in [4.69, 9.17) is 26.0 Å². The summed E-state index contributed by atoms with van der Waals surface area (Å²) in [6, 6.07) is 12.0. The molecule has 0 aliphatic carbocycles. The van der Waals surface area contributed by atoms with Gasteiger partial charge >= 0.3 is 0 Å². The number of methoxy groups -OCH3 is 1. The van der Waals surface area contributed by atoms with Gasteiger partial charge in [-0.05, 0) is 72.7 Å². The molecular weight excluding hydrogens is 428 g/mol. The van der Waals surface area contributed by atoms with Gasteiger partial charge in [0.2, 0.25) is 0 Å². The van der Waals surface area contributed by atoms with Crippen molar-refractivity contribution >= 4 is 23.1 Å². The molecule has 1 saturated heterocycles. The lowest BCUT2D eigenvalue weighted by molar-refractivity contribution is -0.254. The number of halogens is 1. The van der Waals surface area contributed by atoms with E-state index < -0.39 is 5.54 Å². The van der Waals surface area contributed by atoms with Gasteiger partial charge in [0.15, 0.2) is 6.79 Å². The number of amides is 1. The van der Waals surface area contributed by atoms with Crippen molar-refractivity contribution in [2.75, 3.05) is 34.1 Å². The maximum atomic E-state index is 13.6. The number of aryl methyl sites for hydroxylation is 2. The highest BCUT2D eigenvalue weighted by atomic mass is 35.5. The predicted molar refractivity (Wildman–Crippen MR) is 125 cm³/mol. The number of ether oxygens (including phenoxy) is 1. The standard InChI is InChI=1S/C25H29ClN2O4/c1-17-13-20(19-5-7-21(26)8-6-19)14-18(2)23(17)22-15-25(9-11-27(31-4)12-10-25)28(24(22)29)32-16-30-3/h5-8,13-15H,9-12,16H2,1-4H3. The van der Waals surface area contributed by atoms with Crippen LogP contribution in [0.1, 0.15) is 29.5 Å². The predicted octanol–water partition coefficient (Wildman–Crippen LogP) is 4.78. The van der Waals surface area contributed by atoms with Gasteiger partial charge in [-0.15, -0.1) is 0 Å². The molecule has 1 amide bonds. The maximum Gasteiger partial charge on any atom is 0.278 e. The molecule has 2 aliphatic rings. The highest BCUT2D eigenvalue weighted by Gasteiger charge is 2.49. The molecule has 0 N–H and O–H groups in total. The number of hydroxylamine groups is 4. The van der Waals surface area contributed by atoms with E-state index >= 15 is 0 Å². The number of carbonyl (C=O) groups excluding carboxylic acids is 1. The summed E-state index contributed by atoms with van der Waals surface area (Å²) in [5.41, 5.74) is 5.43. The van der Waals surface area contributed by atoms with E-state index in [0.29, 0.717) is 23.7 Å². The summed E-state index contributed by atoms with van der Waals surface area (Å²) in [4.78, 5) is 24.7. The second-order valence-electron chi connectivity index (χ2n) is 8.40. The number of carbonyl (C=O) groups is 1. The van der Waals surface area contributed by atoms with Crippen LogP contribution in [0.15, 0.2) is 42.5 Å². The third-order valence-corrected chi connectivity index (χ3v) is 6.61. The minimum Gasteiger partial charge on any atom is -0.356 e. The normalized spacial score (nSPS) is 18.5. The van der Waals surface area contributed by atoms with Crippen LogP contribution < -0.4 is 0 Å². The fourth-order valence-electron chi connectivity index (χ4n) is 4.77. The number of benzene rings is 2. The highest BCUT2D eigenvalue weighted by Crippen LogP contribution is 2.43. The average Bonchev–Trinajstić information content (AvgIpc) is 3.03. The van der Waals surface area contributed by atoms with Crippen LogP contribution in [-0.2, 0) is 19.2 Å². The summed E-state index contributed by atoms with van der Waals surface area (Å²) in [7, 11) is 3.23. The molecule has 2 aromatic carbocycles. The molecule has 1 spiro atoms. The Balaban J connectivity index is 1.72. The zero-order valence-corrected chi connectivity index (χ0v) is 19.7. The Hall–Kier alpha value is -2.22. The molecule has 2 heterocycles. The second-order valence-corrected chi connectivity index (χ2v) is 8.84. The van der Waals surface area contributed by atoms with Crippen molar-refractivity contribution < 1.29 is 19.2 Å². The summed E-state index contributed by atoms with van der Waals surface area (Å²) in [5, 5.41) is 4.14. The van der Waals surface area contributed by atoms with E-state index in [9.17, 15) is 4.79 Å². The van der Waals surface area contributed by atoms with Gasteiger partial charge < -0.3 is 9.57 Å². The summed E-state index contributed by atoms with van der Waals surface area (Å²) >= 11 is 6.05. The van der Waals surface area contributed by atoms with Crippen LogP contribution >= 0.6 is 11.6 Å². The van der Waals surface area contributed by atoms with Crippen LogP contribution in [0.25, 0.3) is 16.7 Å². The lowest BCUT2D eigenvalue weighted by Gasteiger charge is -2.41. The van der Waals surface area contributed by atoms with Gasteiger partial charge in [-0.25, -0.2) is 9.90 Å². The molecular formula is C25H29ClN2O4. The van der Waals surface area contributed by atoms with Crippen LogP contribution in [0.5, 0.6) is 0 Å². The van der Waals surface area contributed by atoms with Crippen LogP contribution in [0.2, 0.25) is 5.02 Å². The molecule has 0 saturated carbocycles. The Labute approximate surface area is 194 Å². The van der Waals surface area contributed by atoms with E-state index in [2.05, 4.69) is 32.1 Å². The van der Waals surface area contributed by atoms with Gasteiger partial charge in [0.1, 0.15) is 0 Å². The Bertz CT molecular complexity index is 1000. The molecule has 4 rings (SSSR count). The van der Waals surface area contributed by atoms with Crippen LogP contribution in [-0.4, -0.2) is 55.7 Å². The van der Waals surface area contributed by atoms with E-state index in [-0.39, 0.29) is 12.7 Å². The fraction of sp³-hybridized carbons (Fsp3) is 0.400. The van der Waals surface area contributed by atoms with Crippen molar-refractivity contribution in [3.8, 4) is 11.1 Å². The van der Waals surface area contributed by atoms with Crippen LogP contribution in [0.4, 0.5) is 0 Å². The second kappa shape index (κ2) is 9.33. The lowest BCUT2D eigenvalue weighted by atomic mass is 9.86. The number of piperidine rings is 1. The van der Waals surface area contributed by atoms with Crippen molar-refractivity contribution in [3.63, 3.8) is 0 Å². The first-order chi connectivity index (χ1) is 15.4. The molecule has 0 aromatic heterocycles. The minimum absolute atomic E-state index is 0.0239. The van der Waals surface area contributed by atoms with Crippen molar-refractivity contribution in [2.45, 2.75) is 32.2 Å². The Morgan fingerprint density at radius 1 is 1.00 bits per heavy atom. The van der Waals surface area contributed by atoms with Crippen molar-refractivity contribution in [1.29, 1.82) is 0 Å². The molecule has 2 aromatic rings. The molecule has 2 aliphatic heterocycles. The topological polar surface area (TPSA) is 51.2 Å². The molecule has 1 fully saturated rings. The van der Waals surface area contributed by atoms with E-state index in [0.717, 1.165) is 40.7 Å². The fourth-order valence-corrected chi connectivity index (χ4v) is 4.90. The molecule has 0 atom stereocenters. The molecule has 0 bridgehead atoms. The van der Waals surface area contributed by atoms with Gasteiger partial charge in [0.25, 0.3) is 5.91 Å². The summed E-state index contributed by atoms with van der Waals surface area (Å²) < 4.78 is 5.11. The third-order valence-electron chi connectivity index (χ3n) is 6.36. The molecule has 0 unspecified atom stereocenters. The first-order valence-electron chi connectivity index (χ1n) is 10.7. The van der Waals surface area contributed by atoms with E-state index in [1.54, 1.807) is 14.2 Å². The first-order valence-corrected chi connectivity index (χ1v) is 11.1. The van der Waals surface area contributed by atoms with Gasteiger partial charge in [-0.3, -0.25) is 4.79 Å². The molecule has 32 heavy (non-hydrogen) atoms. The monoisotopic (exact) mass is 456 g/mol. The Kier molecular flexibility index (Phi) is 6.70. The SMILES string of the molecule is COCON1C(=O)C(c2c(C)cc(-c3ccc(Cl)cc3)cc2C)=CC12CCN(OC)CC2.